The summed E-state index contributed by atoms with van der Waals surface area (Å²) in [6.45, 7) is 0. The van der Waals surface area contributed by atoms with Crippen LogP contribution in [-0.2, 0) is 15.3 Å². The van der Waals surface area contributed by atoms with Crippen LogP contribution in [0, 0.1) is 0 Å². The van der Waals surface area contributed by atoms with Gasteiger partial charge in [-0.1, -0.05) is 78.9 Å². The smallest absolute Gasteiger partial charge is 0.270 e. The summed E-state index contributed by atoms with van der Waals surface area (Å²) in [5.41, 5.74) is 1.21. The largest absolute Gasteiger partial charge is 0.455 e. The van der Waals surface area contributed by atoms with Crippen LogP contribution >= 0.6 is 0 Å². The van der Waals surface area contributed by atoms with E-state index in [0.717, 1.165) is 16.8 Å². The fourth-order valence-corrected chi connectivity index (χ4v) is 2.97. The number of hydrogen-bond acceptors (Lipinski definition) is 3. The van der Waals surface area contributed by atoms with Gasteiger partial charge in [0.05, 0.1) is 0 Å². The van der Waals surface area contributed by atoms with E-state index in [2.05, 4.69) is 5.32 Å². The van der Waals surface area contributed by atoms with E-state index in [1.165, 1.54) is 0 Å². The number of ether oxygens (including phenoxy) is 1. The van der Waals surface area contributed by atoms with Crippen LogP contribution in [0.15, 0.2) is 97.1 Å². The van der Waals surface area contributed by atoms with E-state index in [-0.39, 0.29) is 5.78 Å². The van der Waals surface area contributed by atoms with E-state index < -0.39 is 5.72 Å². The first kappa shape index (κ1) is 15.2. The lowest BCUT2D eigenvalue weighted by Gasteiger charge is -2.31. The quantitative estimate of drug-likeness (QED) is 0.761. The van der Waals surface area contributed by atoms with Crippen LogP contribution in [0.2, 0.25) is 0 Å². The lowest BCUT2D eigenvalue weighted by molar-refractivity contribution is -0.127. The second-order valence-corrected chi connectivity index (χ2v) is 5.88. The van der Waals surface area contributed by atoms with Gasteiger partial charge in [0.2, 0.25) is 5.78 Å². The second kappa shape index (κ2) is 6.29. The molecule has 0 amide bonds. The molecule has 0 unspecified atom stereocenters. The minimum absolute atomic E-state index is 0.124. The summed E-state index contributed by atoms with van der Waals surface area (Å²) in [5, 5.41) is 3.30. The number of rotatable bonds is 4. The van der Waals surface area contributed by atoms with Crippen LogP contribution in [0.25, 0.3) is 5.76 Å². The van der Waals surface area contributed by atoms with Crippen molar-refractivity contribution in [1.82, 2.24) is 0 Å². The maximum atomic E-state index is 13.0. The number of ketones is 1. The monoisotopic (exact) mass is 327 g/mol. The minimum atomic E-state index is -1.26. The number of benzene rings is 3. The van der Waals surface area contributed by atoms with Gasteiger partial charge in [-0.2, -0.15) is 0 Å². The highest BCUT2D eigenvalue weighted by molar-refractivity contribution is 6.07. The van der Waals surface area contributed by atoms with Crippen molar-refractivity contribution in [3.8, 4) is 0 Å². The molecule has 0 bridgehead atoms. The van der Waals surface area contributed by atoms with Gasteiger partial charge in [-0.05, 0) is 12.1 Å². The molecule has 25 heavy (non-hydrogen) atoms. The van der Waals surface area contributed by atoms with Gasteiger partial charge in [0, 0.05) is 22.9 Å². The van der Waals surface area contributed by atoms with Crippen molar-refractivity contribution in [2.75, 3.05) is 5.32 Å². The topological polar surface area (TPSA) is 38.3 Å². The first-order valence-electron chi connectivity index (χ1n) is 8.17. The zero-order chi connectivity index (χ0) is 17.1. The van der Waals surface area contributed by atoms with Crippen molar-refractivity contribution in [1.29, 1.82) is 0 Å². The molecule has 3 aromatic carbocycles. The molecule has 1 aliphatic heterocycles. The van der Waals surface area contributed by atoms with Gasteiger partial charge in [0.25, 0.3) is 5.72 Å². The third-order valence-electron chi connectivity index (χ3n) is 4.21. The Balaban J connectivity index is 1.77. The molecule has 0 radical (unpaired) electrons. The number of nitrogens with one attached hydrogen (secondary N) is 1. The molecule has 3 nitrogen and oxygen atoms in total. The zero-order valence-corrected chi connectivity index (χ0v) is 13.6. The predicted molar refractivity (Wildman–Crippen MR) is 98.7 cm³/mol. The molecule has 4 rings (SSSR count). The predicted octanol–water partition coefficient (Wildman–Crippen LogP) is 4.59. The molecular weight excluding hydrogens is 310 g/mol. The molecular formula is C22H17NO2. The fraction of sp³-hybridized carbons (Fsp3) is 0.0455. The molecule has 3 aromatic rings. The van der Waals surface area contributed by atoms with Gasteiger partial charge in [0.1, 0.15) is 5.76 Å². The van der Waals surface area contributed by atoms with Crippen molar-refractivity contribution in [2.24, 2.45) is 0 Å². The van der Waals surface area contributed by atoms with Gasteiger partial charge in [-0.3, -0.25) is 4.79 Å². The SMILES string of the molecule is O=C1C=C(c2ccccc2)O[C@]1(Nc1ccccc1)c1ccccc1. The zero-order valence-electron chi connectivity index (χ0n) is 13.6. The summed E-state index contributed by atoms with van der Waals surface area (Å²) in [7, 11) is 0. The summed E-state index contributed by atoms with van der Waals surface area (Å²) in [6, 6.07) is 28.8. The maximum absolute atomic E-state index is 13.0. The first-order chi connectivity index (χ1) is 12.3. The Kier molecular flexibility index (Phi) is 3.82. The Morgan fingerprint density at radius 3 is 1.92 bits per heavy atom. The molecule has 0 aromatic heterocycles. The van der Waals surface area contributed by atoms with Gasteiger partial charge in [-0.25, -0.2) is 0 Å². The van der Waals surface area contributed by atoms with E-state index >= 15 is 0 Å². The lowest BCUT2D eigenvalue weighted by Crippen LogP contribution is -2.41. The Morgan fingerprint density at radius 2 is 1.28 bits per heavy atom. The van der Waals surface area contributed by atoms with Crippen molar-refractivity contribution in [3.63, 3.8) is 0 Å². The maximum Gasteiger partial charge on any atom is 0.270 e. The van der Waals surface area contributed by atoms with E-state index in [4.69, 9.17) is 4.74 Å². The second-order valence-electron chi connectivity index (χ2n) is 5.88. The van der Waals surface area contributed by atoms with Crippen LogP contribution in [0.1, 0.15) is 11.1 Å². The Bertz CT molecular complexity index is 905. The molecule has 0 spiro atoms. The summed E-state index contributed by atoms with van der Waals surface area (Å²) < 4.78 is 6.24. The molecule has 0 fully saturated rings. The normalized spacial score (nSPS) is 19.2. The molecule has 0 saturated carbocycles. The van der Waals surface area contributed by atoms with Crippen LogP contribution in [-0.4, -0.2) is 5.78 Å². The molecule has 1 N–H and O–H groups in total. The molecule has 3 heteroatoms. The van der Waals surface area contributed by atoms with E-state index in [9.17, 15) is 4.79 Å². The highest BCUT2D eigenvalue weighted by Crippen LogP contribution is 2.39. The van der Waals surface area contributed by atoms with Gasteiger partial charge in [-0.15, -0.1) is 0 Å². The fourth-order valence-electron chi connectivity index (χ4n) is 2.97. The average molecular weight is 327 g/mol. The number of carbonyl (C=O) groups is 1. The van der Waals surface area contributed by atoms with Crippen LogP contribution in [0.3, 0.4) is 0 Å². The summed E-state index contributed by atoms with van der Waals surface area (Å²) >= 11 is 0. The number of hydrogen-bond donors (Lipinski definition) is 1. The molecule has 1 atom stereocenters. The molecule has 1 heterocycles. The Hall–Kier alpha value is -3.33. The summed E-state index contributed by atoms with van der Waals surface area (Å²) in [6.07, 6.45) is 1.57. The Morgan fingerprint density at radius 1 is 0.720 bits per heavy atom. The number of para-hydroxylation sites is 1. The van der Waals surface area contributed by atoms with Crippen LogP contribution < -0.4 is 5.32 Å². The summed E-state index contributed by atoms with van der Waals surface area (Å²) in [5.74, 6) is 0.444. The van der Waals surface area contributed by atoms with E-state index in [0.29, 0.717) is 5.76 Å². The third-order valence-corrected chi connectivity index (χ3v) is 4.21. The van der Waals surface area contributed by atoms with E-state index in [1.54, 1.807) is 6.08 Å². The highest BCUT2D eigenvalue weighted by atomic mass is 16.5. The van der Waals surface area contributed by atoms with Crippen molar-refractivity contribution in [2.45, 2.75) is 5.72 Å². The molecule has 122 valence electrons. The number of carbonyl (C=O) groups excluding carboxylic acids is 1. The van der Waals surface area contributed by atoms with Crippen LogP contribution in [0.5, 0.6) is 0 Å². The first-order valence-corrected chi connectivity index (χ1v) is 8.17. The molecule has 1 aliphatic rings. The minimum Gasteiger partial charge on any atom is -0.455 e. The Labute approximate surface area is 146 Å². The van der Waals surface area contributed by atoms with Gasteiger partial charge < -0.3 is 10.1 Å². The standard InChI is InChI=1S/C22H17NO2/c24-21-16-20(17-10-4-1-5-11-17)25-22(21,18-12-6-2-7-13-18)23-19-14-8-3-9-15-19/h1-16,23H/t22-/m1/s1. The highest BCUT2D eigenvalue weighted by Gasteiger charge is 2.46. The molecule has 0 saturated heterocycles. The lowest BCUT2D eigenvalue weighted by atomic mass is 9.98. The van der Waals surface area contributed by atoms with Crippen molar-refractivity contribution >= 4 is 17.2 Å². The van der Waals surface area contributed by atoms with Crippen LogP contribution in [0.4, 0.5) is 5.69 Å². The van der Waals surface area contributed by atoms with E-state index in [1.807, 2.05) is 91.0 Å². The molecule has 0 aliphatic carbocycles. The van der Waals surface area contributed by atoms with Crippen molar-refractivity contribution in [3.05, 3.63) is 108 Å². The third kappa shape index (κ3) is 2.81. The van der Waals surface area contributed by atoms with Gasteiger partial charge >= 0.3 is 0 Å². The summed E-state index contributed by atoms with van der Waals surface area (Å²) in [4.78, 5) is 13.0. The van der Waals surface area contributed by atoms with Crippen molar-refractivity contribution < 1.29 is 9.53 Å². The van der Waals surface area contributed by atoms with Gasteiger partial charge in [0.15, 0.2) is 0 Å². The average Bonchev–Trinajstić information content (AvgIpc) is 3.01. The number of anilines is 1.